The summed E-state index contributed by atoms with van der Waals surface area (Å²) in [6.07, 6.45) is 1.04. The molecule has 0 aliphatic rings. The van der Waals surface area contributed by atoms with Crippen LogP contribution in [0.25, 0.3) is 0 Å². The summed E-state index contributed by atoms with van der Waals surface area (Å²) < 4.78 is 26.5. The van der Waals surface area contributed by atoms with Crippen LogP contribution in [0.1, 0.15) is 44.4 Å². The maximum atomic E-state index is 13.6. The van der Waals surface area contributed by atoms with E-state index in [1.807, 2.05) is 40.7 Å². The van der Waals surface area contributed by atoms with Gasteiger partial charge in [-0.3, -0.25) is 13.9 Å². The Morgan fingerprint density at radius 2 is 1.54 bits per heavy atom. The largest absolute Gasteiger partial charge is 0.350 e. The number of carbonyl (C=O) groups excluding carboxylic acids is 2. The number of halogens is 2. The third-order valence-corrected chi connectivity index (χ3v) is 7.08. The molecule has 0 heterocycles. The smallest absolute Gasteiger partial charge is 0.244 e. The van der Waals surface area contributed by atoms with E-state index in [2.05, 4.69) is 5.32 Å². The Hall–Kier alpha value is -2.29. The first-order chi connectivity index (χ1) is 16.0. The van der Waals surface area contributed by atoms with Gasteiger partial charge in [0.05, 0.1) is 11.9 Å². The van der Waals surface area contributed by atoms with Crippen molar-refractivity contribution >= 4 is 50.7 Å². The second-order valence-corrected chi connectivity index (χ2v) is 12.5. The van der Waals surface area contributed by atoms with Crippen LogP contribution in [0.4, 0.5) is 5.69 Å². The molecule has 0 fully saturated rings. The third kappa shape index (κ3) is 8.12. The molecule has 0 aromatic heterocycles. The first kappa shape index (κ1) is 28.9. The molecule has 1 atom stereocenters. The monoisotopic (exact) mass is 541 g/mol. The van der Waals surface area contributed by atoms with E-state index in [0.717, 1.165) is 21.7 Å². The summed E-state index contributed by atoms with van der Waals surface area (Å²) in [4.78, 5) is 27.9. The van der Waals surface area contributed by atoms with Crippen molar-refractivity contribution in [1.82, 2.24) is 10.2 Å². The molecule has 0 saturated heterocycles. The van der Waals surface area contributed by atoms with Crippen molar-refractivity contribution in [1.29, 1.82) is 0 Å². The fourth-order valence-corrected chi connectivity index (χ4v) is 4.97. The van der Waals surface area contributed by atoms with E-state index in [-0.39, 0.29) is 12.5 Å². The van der Waals surface area contributed by atoms with Crippen LogP contribution in [-0.4, -0.2) is 49.5 Å². The van der Waals surface area contributed by atoms with Crippen LogP contribution in [0.15, 0.2) is 36.4 Å². The molecular weight excluding hydrogens is 509 g/mol. The minimum atomic E-state index is -3.81. The van der Waals surface area contributed by atoms with Crippen LogP contribution < -0.4 is 9.62 Å². The Bertz CT molecular complexity index is 1170. The van der Waals surface area contributed by atoms with Gasteiger partial charge in [-0.05, 0) is 76.9 Å². The zero-order valence-electron chi connectivity index (χ0n) is 21.1. The topological polar surface area (TPSA) is 86.8 Å². The van der Waals surface area contributed by atoms with Gasteiger partial charge in [0.2, 0.25) is 21.8 Å². The van der Waals surface area contributed by atoms with Gasteiger partial charge in [0.25, 0.3) is 0 Å². The van der Waals surface area contributed by atoms with Gasteiger partial charge in [-0.15, -0.1) is 0 Å². The summed E-state index contributed by atoms with van der Waals surface area (Å²) in [5.74, 6) is -0.950. The summed E-state index contributed by atoms with van der Waals surface area (Å²) in [7, 11) is -3.81. The standard InChI is InChI=1S/C25H33Cl2N3O4S/c1-16-11-17(2)13-19(12-16)30(35(7,33)34)15-23(31)29(18(3)24(32)28-25(4,5)6)14-20-21(26)9-8-10-22(20)27/h8-13,18H,14-15H2,1-7H3,(H,28,32)/t18-/m1/s1. The molecule has 35 heavy (non-hydrogen) atoms. The van der Waals surface area contributed by atoms with Crippen molar-refractivity contribution < 1.29 is 18.0 Å². The lowest BCUT2D eigenvalue weighted by Gasteiger charge is -2.33. The number of hydrogen-bond donors (Lipinski definition) is 1. The molecule has 0 spiro atoms. The molecule has 2 aromatic rings. The van der Waals surface area contributed by atoms with Crippen molar-refractivity contribution in [3.05, 3.63) is 63.1 Å². The summed E-state index contributed by atoms with van der Waals surface area (Å²) in [6, 6.07) is 9.36. The highest BCUT2D eigenvalue weighted by Gasteiger charge is 2.32. The van der Waals surface area contributed by atoms with E-state index in [4.69, 9.17) is 23.2 Å². The second-order valence-electron chi connectivity index (χ2n) is 9.75. The summed E-state index contributed by atoms with van der Waals surface area (Å²) in [5.41, 5.74) is 2.04. The number of sulfonamides is 1. The SMILES string of the molecule is Cc1cc(C)cc(N(CC(=O)N(Cc2c(Cl)cccc2Cl)[C@H](C)C(=O)NC(C)(C)C)S(C)(=O)=O)c1. The minimum absolute atomic E-state index is 0.0689. The van der Waals surface area contributed by atoms with E-state index in [1.165, 1.54) is 4.90 Å². The highest BCUT2D eigenvalue weighted by Crippen LogP contribution is 2.27. The van der Waals surface area contributed by atoms with Crippen molar-refractivity contribution in [3.63, 3.8) is 0 Å². The minimum Gasteiger partial charge on any atom is -0.350 e. The van der Waals surface area contributed by atoms with Gasteiger partial charge in [0.1, 0.15) is 12.6 Å². The maximum Gasteiger partial charge on any atom is 0.244 e. The third-order valence-electron chi connectivity index (χ3n) is 5.23. The van der Waals surface area contributed by atoms with Gasteiger partial charge >= 0.3 is 0 Å². The molecule has 0 aliphatic heterocycles. The highest BCUT2D eigenvalue weighted by molar-refractivity contribution is 7.92. The second kappa shape index (κ2) is 11.2. The molecule has 0 bridgehead atoms. The van der Waals surface area contributed by atoms with Crippen LogP contribution >= 0.6 is 23.2 Å². The highest BCUT2D eigenvalue weighted by atomic mass is 35.5. The number of nitrogens with one attached hydrogen (secondary N) is 1. The fourth-order valence-electron chi connectivity index (χ4n) is 3.62. The van der Waals surface area contributed by atoms with E-state index < -0.39 is 34.1 Å². The number of rotatable bonds is 8. The van der Waals surface area contributed by atoms with Gasteiger partial charge in [-0.25, -0.2) is 8.42 Å². The van der Waals surface area contributed by atoms with Crippen molar-refractivity contribution in [2.45, 2.75) is 59.7 Å². The normalized spacial score (nSPS) is 12.7. The Labute approximate surface area is 218 Å². The molecule has 2 amide bonds. The van der Waals surface area contributed by atoms with Crippen LogP contribution in [0.2, 0.25) is 10.0 Å². The molecule has 0 aliphatic carbocycles. The maximum absolute atomic E-state index is 13.6. The van der Waals surface area contributed by atoms with Crippen LogP contribution in [0.3, 0.4) is 0 Å². The number of hydrogen-bond acceptors (Lipinski definition) is 4. The van der Waals surface area contributed by atoms with Gasteiger partial charge in [-0.1, -0.05) is 35.3 Å². The van der Waals surface area contributed by atoms with E-state index >= 15 is 0 Å². The lowest BCUT2D eigenvalue weighted by molar-refractivity contribution is -0.140. The molecule has 0 saturated carbocycles. The Kier molecular flexibility index (Phi) is 9.25. The fraction of sp³-hybridized carbons (Fsp3) is 0.440. The Morgan fingerprint density at radius 1 is 1.03 bits per heavy atom. The molecule has 2 aromatic carbocycles. The average Bonchev–Trinajstić information content (AvgIpc) is 2.68. The summed E-state index contributed by atoms with van der Waals surface area (Å²) in [6.45, 7) is 10.2. The lowest BCUT2D eigenvalue weighted by Crippen LogP contribution is -2.54. The molecule has 0 unspecified atom stereocenters. The van der Waals surface area contributed by atoms with Gasteiger partial charge < -0.3 is 10.2 Å². The number of benzene rings is 2. The summed E-state index contributed by atoms with van der Waals surface area (Å²) >= 11 is 12.7. The van der Waals surface area contributed by atoms with Gasteiger partial charge in [0, 0.05) is 27.7 Å². The number of anilines is 1. The van der Waals surface area contributed by atoms with E-state index in [0.29, 0.717) is 21.3 Å². The zero-order chi connectivity index (χ0) is 26.7. The number of amides is 2. The molecular formula is C25H33Cl2N3O4S. The van der Waals surface area contributed by atoms with Crippen LogP contribution in [-0.2, 0) is 26.2 Å². The Balaban J connectivity index is 2.50. The van der Waals surface area contributed by atoms with E-state index in [1.54, 1.807) is 37.3 Å². The number of nitrogens with zero attached hydrogens (tertiary/aromatic N) is 2. The predicted octanol–water partition coefficient (Wildman–Crippen LogP) is 4.71. The molecule has 192 valence electrons. The van der Waals surface area contributed by atoms with Crippen LogP contribution in [0.5, 0.6) is 0 Å². The van der Waals surface area contributed by atoms with Crippen molar-refractivity contribution in [3.8, 4) is 0 Å². The average molecular weight is 543 g/mol. The molecule has 0 radical (unpaired) electrons. The van der Waals surface area contributed by atoms with Crippen molar-refractivity contribution in [2.75, 3.05) is 17.1 Å². The van der Waals surface area contributed by atoms with Gasteiger partial charge in [-0.2, -0.15) is 0 Å². The lowest BCUT2D eigenvalue weighted by atomic mass is 10.1. The molecule has 7 nitrogen and oxygen atoms in total. The summed E-state index contributed by atoms with van der Waals surface area (Å²) in [5, 5.41) is 3.55. The molecule has 10 heteroatoms. The predicted molar refractivity (Wildman–Crippen MR) is 142 cm³/mol. The first-order valence-corrected chi connectivity index (χ1v) is 13.7. The number of carbonyl (C=O) groups is 2. The Morgan fingerprint density at radius 3 is 2.00 bits per heavy atom. The van der Waals surface area contributed by atoms with Crippen LogP contribution in [0, 0.1) is 13.8 Å². The first-order valence-electron chi connectivity index (χ1n) is 11.1. The molecule has 2 rings (SSSR count). The van der Waals surface area contributed by atoms with E-state index in [9.17, 15) is 18.0 Å². The number of aryl methyl sites for hydroxylation is 2. The molecule has 1 N–H and O–H groups in total. The zero-order valence-corrected chi connectivity index (χ0v) is 23.5. The van der Waals surface area contributed by atoms with Crippen molar-refractivity contribution in [2.24, 2.45) is 0 Å². The van der Waals surface area contributed by atoms with Gasteiger partial charge in [0.15, 0.2) is 0 Å². The quantitative estimate of drug-likeness (QED) is 0.524.